The SMILES string of the molecule is COC(=O)C(C)(C)N1C(=O)C(C)C1C. The highest BCUT2D eigenvalue weighted by atomic mass is 16.5. The Morgan fingerprint density at radius 1 is 1.43 bits per heavy atom. The van der Waals surface area contributed by atoms with E-state index >= 15 is 0 Å². The third kappa shape index (κ3) is 1.29. The fourth-order valence-electron chi connectivity index (χ4n) is 1.90. The monoisotopic (exact) mass is 199 g/mol. The van der Waals surface area contributed by atoms with Crippen LogP contribution in [-0.4, -0.2) is 35.5 Å². The molecule has 1 aliphatic rings. The predicted octanol–water partition coefficient (Wildman–Crippen LogP) is 0.805. The molecule has 1 rings (SSSR count). The van der Waals surface area contributed by atoms with Gasteiger partial charge in [0.1, 0.15) is 5.54 Å². The van der Waals surface area contributed by atoms with Gasteiger partial charge in [0.25, 0.3) is 0 Å². The molecular formula is C10H17NO3. The van der Waals surface area contributed by atoms with Crippen LogP contribution in [-0.2, 0) is 14.3 Å². The first-order valence-electron chi connectivity index (χ1n) is 4.75. The standard InChI is InChI=1S/C10H17NO3/c1-6-7(2)11(8(6)12)10(3,4)9(13)14-5/h6-7H,1-5H3. The quantitative estimate of drug-likeness (QED) is 0.488. The van der Waals surface area contributed by atoms with Crippen LogP contribution in [0.25, 0.3) is 0 Å². The van der Waals surface area contributed by atoms with Crippen molar-refractivity contribution in [2.45, 2.75) is 39.3 Å². The van der Waals surface area contributed by atoms with Gasteiger partial charge in [0.15, 0.2) is 0 Å². The van der Waals surface area contributed by atoms with Crippen molar-refractivity contribution in [2.75, 3.05) is 7.11 Å². The summed E-state index contributed by atoms with van der Waals surface area (Å²) in [5.41, 5.74) is -0.849. The van der Waals surface area contributed by atoms with Gasteiger partial charge in [-0.3, -0.25) is 4.79 Å². The summed E-state index contributed by atoms with van der Waals surface area (Å²) in [5.74, 6) is -0.337. The van der Waals surface area contributed by atoms with Crippen molar-refractivity contribution >= 4 is 11.9 Å². The van der Waals surface area contributed by atoms with E-state index in [0.29, 0.717) is 0 Å². The second kappa shape index (κ2) is 3.26. The molecule has 0 bridgehead atoms. The highest BCUT2D eigenvalue weighted by molar-refractivity contribution is 5.92. The van der Waals surface area contributed by atoms with E-state index < -0.39 is 5.54 Å². The molecule has 0 saturated carbocycles. The van der Waals surface area contributed by atoms with Crippen LogP contribution in [0.15, 0.2) is 0 Å². The van der Waals surface area contributed by atoms with Crippen molar-refractivity contribution in [3.8, 4) is 0 Å². The molecule has 2 unspecified atom stereocenters. The first kappa shape index (κ1) is 11.0. The summed E-state index contributed by atoms with van der Waals surface area (Å²) in [5, 5.41) is 0. The number of carbonyl (C=O) groups excluding carboxylic acids is 2. The van der Waals surface area contributed by atoms with E-state index in [1.165, 1.54) is 7.11 Å². The molecule has 1 heterocycles. The van der Waals surface area contributed by atoms with Crippen molar-refractivity contribution in [1.29, 1.82) is 0 Å². The van der Waals surface area contributed by atoms with Crippen LogP contribution in [0.4, 0.5) is 0 Å². The van der Waals surface area contributed by atoms with E-state index in [0.717, 1.165) is 0 Å². The molecular weight excluding hydrogens is 182 g/mol. The fraction of sp³-hybridized carbons (Fsp3) is 0.800. The molecule has 2 atom stereocenters. The van der Waals surface area contributed by atoms with Gasteiger partial charge in [-0.2, -0.15) is 0 Å². The topological polar surface area (TPSA) is 46.6 Å². The molecule has 14 heavy (non-hydrogen) atoms. The third-order valence-electron chi connectivity index (χ3n) is 3.05. The lowest BCUT2D eigenvalue weighted by atomic mass is 9.84. The first-order valence-corrected chi connectivity index (χ1v) is 4.75. The Balaban J connectivity index is 2.84. The Kier molecular flexibility index (Phi) is 2.56. The summed E-state index contributed by atoms with van der Waals surface area (Å²) >= 11 is 0. The average molecular weight is 199 g/mol. The van der Waals surface area contributed by atoms with Crippen LogP contribution in [0.5, 0.6) is 0 Å². The van der Waals surface area contributed by atoms with Crippen molar-refractivity contribution in [3.63, 3.8) is 0 Å². The second-order valence-corrected chi connectivity index (χ2v) is 4.29. The number of rotatable bonds is 2. The van der Waals surface area contributed by atoms with Crippen LogP contribution in [0.2, 0.25) is 0 Å². The summed E-state index contributed by atoms with van der Waals surface area (Å²) in [6.07, 6.45) is 0. The minimum atomic E-state index is -0.849. The summed E-state index contributed by atoms with van der Waals surface area (Å²) in [7, 11) is 1.34. The minimum Gasteiger partial charge on any atom is -0.467 e. The lowest BCUT2D eigenvalue weighted by Crippen LogP contribution is -2.68. The van der Waals surface area contributed by atoms with Gasteiger partial charge in [-0.25, -0.2) is 4.79 Å². The molecule has 4 heteroatoms. The van der Waals surface area contributed by atoms with Crippen LogP contribution in [0.3, 0.4) is 0 Å². The van der Waals surface area contributed by atoms with E-state index in [4.69, 9.17) is 0 Å². The normalized spacial score (nSPS) is 27.2. The average Bonchev–Trinajstić information content (AvgIpc) is 2.15. The predicted molar refractivity (Wildman–Crippen MR) is 51.6 cm³/mol. The number of carbonyl (C=O) groups is 2. The fourth-order valence-corrected chi connectivity index (χ4v) is 1.90. The zero-order valence-electron chi connectivity index (χ0n) is 9.33. The Labute approximate surface area is 84.2 Å². The van der Waals surface area contributed by atoms with E-state index in [9.17, 15) is 9.59 Å². The molecule has 0 radical (unpaired) electrons. The van der Waals surface area contributed by atoms with Crippen molar-refractivity contribution in [1.82, 2.24) is 4.90 Å². The summed E-state index contributed by atoms with van der Waals surface area (Å²) in [4.78, 5) is 24.6. The molecule has 0 N–H and O–H groups in total. The van der Waals surface area contributed by atoms with E-state index in [1.807, 2.05) is 13.8 Å². The number of hydrogen-bond donors (Lipinski definition) is 0. The van der Waals surface area contributed by atoms with Crippen LogP contribution in [0.1, 0.15) is 27.7 Å². The summed E-state index contributed by atoms with van der Waals surface area (Å²) < 4.78 is 4.67. The van der Waals surface area contributed by atoms with E-state index in [-0.39, 0.29) is 23.8 Å². The van der Waals surface area contributed by atoms with Gasteiger partial charge in [0.2, 0.25) is 5.91 Å². The van der Waals surface area contributed by atoms with Gasteiger partial charge < -0.3 is 9.64 Å². The molecule has 1 fully saturated rings. The van der Waals surface area contributed by atoms with Gasteiger partial charge in [-0.1, -0.05) is 6.92 Å². The van der Waals surface area contributed by atoms with Gasteiger partial charge >= 0.3 is 5.97 Å². The Morgan fingerprint density at radius 2 is 1.93 bits per heavy atom. The molecule has 1 saturated heterocycles. The maximum absolute atomic E-state index is 11.6. The smallest absolute Gasteiger partial charge is 0.331 e. The Bertz CT molecular complexity index is 273. The van der Waals surface area contributed by atoms with E-state index in [1.54, 1.807) is 18.7 Å². The largest absolute Gasteiger partial charge is 0.467 e. The molecule has 80 valence electrons. The lowest BCUT2D eigenvalue weighted by molar-refractivity contribution is -0.177. The van der Waals surface area contributed by atoms with E-state index in [2.05, 4.69) is 4.74 Å². The zero-order valence-corrected chi connectivity index (χ0v) is 9.33. The number of likely N-dealkylation sites (tertiary alicyclic amines) is 1. The molecule has 1 aliphatic heterocycles. The number of nitrogens with zero attached hydrogens (tertiary/aromatic N) is 1. The van der Waals surface area contributed by atoms with Gasteiger partial charge in [0.05, 0.1) is 13.0 Å². The molecule has 0 aromatic carbocycles. The number of β-lactam (4-membered cyclic amide) rings is 1. The molecule has 4 nitrogen and oxygen atoms in total. The number of hydrogen-bond acceptors (Lipinski definition) is 3. The number of amides is 1. The number of methoxy groups -OCH3 is 1. The minimum absolute atomic E-state index is 0.0129. The first-order chi connectivity index (χ1) is 6.34. The summed E-state index contributed by atoms with van der Waals surface area (Å²) in [6, 6.07) is 0.108. The second-order valence-electron chi connectivity index (χ2n) is 4.29. The number of ether oxygens (including phenoxy) is 1. The maximum atomic E-state index is 11.6. The van der Waals surface area contributed by atoms with Crippen LogP contribution in [0, 0.1) is 5.92 Å². The molecule has 0 spiro atoms. The van der Waals surface area contributed by atoms with Crippen LogP contribution < -0.4 is 0 Å². The highest BCUT2D eigenvalue weighted by Crippen LogP contribution is 2.33. The number of esters is 1. The van der Waals surface area contributed by atoms with Crippen molar-refractivity contribution in [3.05, 3.63) is 0 Å². The zero-order chi connectivity index (χ0) is 11.1. The van der Waals surface area contributed by atoms with Gasteiger partial charge in [-0.15, -0.1) is 0 Å². The molecule has 1 amide bonds. The molecule has 0 aliphatic carbocycles. The van der Waals surface area contributed by atoms with Crippen molar-refractivity contribution in [2.24, 2.45) is 5.92 Å². The van der Waals surface area contributed by atoms with Crippen LogP contribution >= 0.6 is 0 Å². The molecule has 0 aromatic heterocycles. The Hall–Kier alpha value is -1.06. The molecule has 0 aromatic rings. The van der Waals surface area contributed by atoms with Gasteiger partial charge in [-0.05, 0) is 20.8 Å². The highest BCUT2D eigenvalue weighted by Gasteiger charge is 2.51. The van der Waals surface area contributed by atoms with Gasteiger partial charge in [0, 0.05) is 6.04 Å². The summed E-state index contributed by atoms with van der Waals surface area (Å²) in [6.45, 7) is 7.23. The third-order valence-corrected chi connectivity index (χ3v) is 3.05. The Morgan fingerprint density at radius 3 is 2.29 bits per heavy atom. The van der Waals surface area contributed by atoms with Crippen molar-refractivity contribution < 1.29 is 14.3 Å². The lowest BCUT2D eigenvalue weighted by Gasteiger charge is -2.51. The maximum Gasteiger partial charge on any atom is 0.331 e.